The van der Waals surface area contributed by atoms with Crippen LogP contribution >= 0.6 is 0 Å². The first-order valence-electron chi connectivity index (χ1n) is 18.5. The lowest BCUT2D eigenvalue weighted by atomic mass is 9.85. The molecule has 11 nitrogen and oxygen atoms in total. The fourth-order valence-electron chi connectivity index (χ4n) is 8.51. The number of sulfonamides is 1. The monoisotopic (exact) mass is 718 g/mol. The summed E-state index contributed by atoms with van der Waals surface area (Å²) < 4.78 is 34.6. The number of para-hydroxylation sites is 1. The third-order valence-electron chi connectivity index (χ3n) is 12.3. The van der Waals surface area contributed by atoms with E-state index in [1.54, 1.807) is 25.9 Å². The quantitative estimate of drug-likeness (QED) is 0.435. The SMILES string of the molecule is Cc1nc2ccccc2c2c1O[C@]1(CC2)C[C@H]2C(=O)C[C@]3(C(=O)NS(=O)(=O)C4(C)CC4)C[C@H]3/C=C\CCCCC[C@H](CC(=O)N(C)C)C(=O)N2C1. The highest BCUT2D eigenvalue weighted by Gasteiger charge is 2.63. The van der Waals surface area contributed by atoms with Crippen molar-refractivity contribution in [1.29, 1.82) is 0 Å². The molecule has 1 aromatic heterocycles. The fraction of sp³-hybridized carbons (Fsp3) is 0.615. The van der Waals surface area contributed by atoms with Gasteiger partial charge in [-0.05, 0) is 77.2 Å². The lowest BCUT2D eigenvalue weighted by Gasteiger charge is -2.36. The molecule has 12 heteroatoms. The average Bonchev–Trinajstić information content (AvgIpc) is 3.98. The molecule has 3 fully saturated rings. The zero-order valence-corrected chi connectivity index (χ0v) is 31.0. The number of hydrogen-bond donors (Lipinski definition) is 1. The number of Topliss-reactive ketones (excluding diaryl/α,β-unsaturated/α-hetero) is 1. The highest BCUT2D eigenvalue weighted by atomic mass is 32.2. The number of fused-ring (bicyclic) bond motifs is 5. The van der Waals surface area contributed by atoms with Gasteiger partial charge in [-0.3, -0.25) is 23.9 Å². The highest BCUT2D eigenvalue weighted by molar-refractivity contribution is 7.91. The Bertz CT molecular complexity index is 1920. The number of ketones is 1. The number of nitrogens with one attached hydrogen (secondary N) is 1. The maximum Gasteiger partial charge on any atom is 0.240 e. The van der Waals surface area contributed by atoms with Gasteiger partial charge in [0.15, 0.2) is 5.78 Å². The van der Waals surface area contributed by atoms with Crippen molar-refractivity contribution in [3.63, 3.8) is 0 Å². The number of rotatable bonds is 5. The van der Waals surface area contributed by atoms with Gasteiger partial charge in [-0.2, -0.15) is 0 Å². The smallest absolute Gasteiger partial charge is 0.240 e. The van der Waals surface area contributed by atoms with E-state index in [4.69, 9.17) is 9.72 Å². The van der Waals surface area contributed by atoms with Crippen molar-refractivity contribution in [2.24, 2.45) is 17.3 Å². The number of nitrogens with zero attached hydrogens (tertiary/aromatic N) is 3. The molecule has 0 radical (unpaired) electrons. The molecule has 0 unspecified atom stereocenters. The molecular formula is C39H50N4O7S. The Morgan fingerprint density at radius 2 is 1.84 bits per heavy atom. The second-order valence-corrected chi connectivity index (χ2v) is 18.4. The molecule has 1 spiro atoms. The number of aromatic nitrogens is 1. The number of benzene rings is 1. The number of carbonyl (C=O) groups excluding carboxylic acids is 4. The fourth-order valence-corrected chi connectivity index (χ4v) is 9.84. The van der Waals surface area contributed by atoms with Gasteiger partial charge in [0.2, 0.25) is 27.7 Å². The molecule has 2 aliphatic carbocycles. The van der Waals surface area contributed by atoms with Gasteiger partial charge in [-0.25, -0.2) is 13.4 Å². The van der Waals surface area contributed by atoms with Crippen molar-refractivity contribution >= 4 is 44.4 Å². The van der Waals surface area contributed by atoms with Crippen LogP contribution in [0.25, 0.3) is 10.9 Å². The summed E-state index contributed by atoms with van der Waals surface area (Å²) >= 11 is 0. The molecular weight excluding hydrogens is 669 g/mol. The van der Waals surface area contributed by atoms with E-state index >= 15 is 0 Å². The molecule has 5 aliphatic rings. The number of allylic oxidation sites excluding steroid dienone is 2. The number of aryl methyl sites for hydroxylation is 2. The number of pyridine rings is 1. The molecule has 1 saturated heterocycles. The summed E-state index contributed by atoms with van der Waals surface area (Å²) in [6.07, 6.45) is 10.5. The summed E-state index contributed by atoms with van der Waals surface area (Å²) in [5, 5.41) is 1.02. The molecule has 3 amide bonds. The Hall–Kier alpha value is -3.80. The molecule has 1 N–H and O–H groups in total. The van der Waals surface area contributed by atoms with Crippen LogP contribution in [-0.2, 0) is 35.6 Å². The lowest BCUT2D eigenvalue weighted by Crippen LogP contribution is -2.48. The van der Waals surface area contributed by atoms with Gasteiger partial charge < -0.3 is 14.5 Å². The summed E-state index contributed by atoms with van der Waals surface area (Å²) in [5.41, 5.74) is 0.625. The van der Waals surface area contributed by atoms with Gasteiger partial charge in [-0.15, -0.1) is 0 Å². The van der Waals surface area contributed by atoms with Crippen LogP contribution in [0.1, 0.15) is 95.2 Å². The number of ether oxygens (including phenoxy) is 1. The Balaban J connectivity index is 1.24. The van der Waals surface area contributed by atoms with Crippen molar-refractivity contribution in [1.82, 2.24) is 19.5 Å². The highest BCUT2D eigenvalue weighted by Crippen LogP contribution is 2.58. The minimum Gasteiger partial charge on any atom is -0.483 e. The van der Waals surface area contributed by atoms with Crippen molar-refractivity contribution in [3.05, 3.63) is 47.7 Å². The van der Waals surface area contributed by atoms with Gasteiger partial charge >= 0.3 is 0 Å². The van der Waals surface area contributed by atoms with Crippen molar-refractivity contribution in [3.8, 4) is 5.75 Å². The first kappa shape index (κ1) is 35.6. The molecule has 5 atom stereocenters. The van der Waals surface area contributed by atoms with Crippen molar-refractivity contribution in [2.45, 2.75) is 114 Å². The van der Waals surface area contributed by atoms with Gasteiger partial charge in [0.25, 0.3) is 0 Å². The second kappa shape index (κ2) is 13.0. The normalized spacial score (nSPS) is 31.0. The van der Waals surface area contributed by atoms with Gasteiger partial charge in [0.1, 0.15) is 11.4 Å². The zero-order valence-electron chi connectivity index (χ0n) is 30.2. The van der Waals surface area contributed by atoms with Crippen LogP contribution in [-0.4, -0.2) is 83.7 Å². The Kier molecular flexibility index (Phi) is 9.08. The Morgan fingerprint density at radius 1 is 1.08 bits per heavy atom. The van der Waals surface area contributed by atoms with Gasteiger partial charge in [0, 0.05) is 50.2 Å². The molecule has 274 valence electrons. The summed E-state index contributed by atoms with van der Waals surface area (Å²) in [7, 11) is -0.560. The van der Waals surface area contributed by atoms with Crippen LogP contribution in [0.3, 0.4) is 0 Å². The second-order valence-electron chi connectivity index (χ2n) is 16.2. The van der Waals surface area contributed by atoms with Crippen LogP contribution < -0.4 is 9.46 Å². The van der Waals surface area contributed by atoms with Crippen LogP contribution in [0, 0.1) is 24.2 Å². The third-order valence-corrected chi connectivity index (χ3v) is 14.5. The molecule has 7 rings (SSSR count). The maximum atomic E-state index is 14.7. The topological polar surface area (TPSA) is 143 Å². The molecule has 2 aromatic rings. The zero-order chi connectivity index (χ0) is 36.3. The third kappa shape index (κ3) is 6.57. The summed E-state index contributed by atoms with van der Waals surface area (Å²) in [4.78, 5) is 64.2. The van der Waals surface area contributed by atoms with Crippen LogP contribution in [0.15, 0.2) is 36.4 Å². The Labute approximate surface area is 300 Å². The van der Waals surface area contributed by atoms with E-state index in [1.165, 1.54) is 4.90 Å². The van der Waals surface area contributed by atoms with E-state index in [9.17, 15) is 27.6 Å². The van der Waals surface area contributed by atoms with E-state index in [-0.39, 0.29) is 49.3 Å². The van der Waals surface area contributed by atoms with E-state index < -0.39 is 43.7 Å². The average molecular weight is 719 g/mol. The lowest BCUT2D eigenvalue weighted by molar-refractivity contribution is -0.145. The van der Waals surface area contributed by atoms with E-state index in [0.717, 1.165) is 47.8 Å². The number of carbonyl (C=O) groups is 4. The first-order valence-corrected chi connectivity index (χ1v) is 20.0. The minimum absolute atomic E-state index is 0.0416. The minimum atomic E-state index is -3.91. The predicted octanol–water partition coefficient (Wildman–Crippen LogP) is 4.79. The number of amides is 3. The molecule has 2 saturated carbocycles. The van der Waals surface area contributed by atoms with E-state index in [0.29, 0.717) is 44.3 Å². The van der Waals surface area contributed by atoms with Crippen LogP contribution in [0.5, 0.6) is 5.75 Å². The van der Waals surface area contributed by atoms with Crippen molar-refractivity contribution < 1.29 is 32.3 Å². The van der Waals surface area contributed by atoms with Crippen molar-refractivity contribution in [2.75, 3.05) is 20.6 Å². The Morgan fingerprint density at radius 3 is 2.59 bits per heavy atom. The van der Waals surface area contributed by atoms with Gasteiger partial charge in [0.05, 0.1) is 34.0 Å². The standard InChI is InChI=1S/C39H50N4O7S/c1-25-34-29(28-14-10-11-15-30(28)40-25)16-17-38(50-34)22-31-32(44)23-39(36(47)41-51(48,49)37(2)18-19-37)21-27(39)13-9-7-5-6-8-12-26(20-33(45)42(3)4)35(46)43(31)24-38/h9-11,13-15,26-27,31H,5-8,12,16-24H2,1-4H3,(H,41,47)/b13-9-/t26-,27-,31+,38-,39-/m1/s1. The number of hydrogen-bond acceptors (Lipinski definition) is 8. The molecule has 51 heavy (non-hydrogen) atoms. The van der Waals surface area contributed by atoms with E-state index in [1.807, 2.05) is 43.3 Å². The largest absolute Gasteiger partial charge is 0.483 e. The van der Waals surface area contributed by atoms with Gasteiger partial charge in [-0.1, -0.05) is 43.2 Å². The molecule has 3 aliphatic heterocycles. The maximum absolute atomic E-state index is 14.7. The predicted molar refractivity (Wildman–Crippen MR) is 192 cm³/mol. The first-order chi connectivity index (χ1) is 24.2. The van der Waals surface area contributed by atoms with E-state index in [2.05, 4.69) is 4.72 Å². The molecule has 1 aromatic carbocycles. The summed E-state index contributed by atoms with van der Waals surface area (Å²) in [6, 6.07) is 7.06. The van der Waals surface area contributed by atoms with Crippen LogP contribution in [0.4, 0.5) is 0 Å². The summed E-state index contributed by atoms with van der Waals surface area (Å²) in [6.45, 7) is 3.72. The van der Waals surface area contributed by atoms with Crippen LogP contribution in [0.2, 0.25) is 0 Å². The molecule has 0 bridgehead atoms. The summed E-state index contributed by atoms with van der Waals surface area (Å²) in [5.74, 6) is -1.51. The molecule has 4 heterocycles.